The molecule has 2 heterocycles. The van der Waals surface area contributed by atoms with Gasteiger partial charge in [-0.1, -0.05) is 247 Å². The summed E-state index contributed by atoms with van der Waals surface area (Å²) in [7, 11) is -1.83. The van der Waals surface area contributed by atoms with E-state index < -0.39 is 26.7 Å². The van der Waals surface area contributed by atoms with Crippen molar-refractivity contribution in [3.05, 3.63) is 276 Å². The maximum absolute atomic E-state index is 6.65. The Morgan fingerprint density at radius 1 is 0.317 bits per heavy atom. The SMILES string of the molecule is [Cl-].c1ccc(C2CP(c3ccccc3)C(=[N+]=C3P(c4ccccc4)CC(c4ccccc4)C3(c3ccccc3)c3ccccc3)C2(c2ccccc2)c2ccccc2)cc1. The Morgan fingerprint density at radius 3 is 0.817 bits per heavy atom. The molecule has 4 unspecified atom stereocenters. The molecular weight excluding hydrogens is 784 g/mol. The zero-order valence-corrected chi connectivity index (χ0v) is 35.9. The standard InChI is InChI=1S/C56H46NP2.ClH/c1-9-25-43(26-10-1)51-41-58(49-37-21-7-22-38-49)53(55(51,45-29-13-3-14-30-45)46-31-15-4-16-32-46)57-54-56(47-33-17-5-18-34-47,48-35-19-6-20-36-48)52(44-27-11-2-12-28-44)42-59(54)50-39-23-8-24-40-50;/h1-40,51-52H,41-42H2;1H/q+1;/p-1. The van der Waals surface area contributed by atoms with E-state index in [1.165, 1.54) is 54.9 Å². The van der Waals surface area contributed by atoms with Crippen molar-refractivity contribution in [1.29, 1.82) is 0 Å². The van der Waals surface area contributed by atoms with Gasteiger partial charge in [-0.05, 0) is 56.3 Å². The van der Waals surface area contributed by atoms with Crippen LogP contribution in [-0.2, 0) is 10.8 Å². The van der Waals surface area contributed by atoms with Gasteiger partial charge >= 0.3 is 10.9 Å². The lowest BCUT2D eigenvalue weighted by Crippen LogP contribution is -3.00. The van der Waals surface area contributed by atoms with Crippen LogP contribution in [0.4, 0.5) is 0 Å². The van der Waals surface area contributed by atoms with Crippen LogP contribution in [0, 0.1) is 0 Å². The van der Waals surface area contributed by atoms with Crippen LogP contribution in [0.3, 0.4) is 0 Å². The molecule has 0 saturated carbocycles. The van der Waals surface area contributed by atoms with Crippen molar-refractivity contribution in [3.63, 3.8) is 0 Å². The molecule has 10 rings (SSSR count). The van der Waals surface area contributed by atoms with Crippen LogP contribution in [0.2, 0.25) is 0 Å². The van der Waals surface area contributed by atoms with Crippen molar-refractivity contribution in [1.82, 2.24) is 4.67 Å². The van der Waals surface area contributed by atoms with Crippen molar-refractivity contribution in [2.24, 2.45) is 0 Å². The molecule has 4 atom stereocenters. The maximum Gasteiger partial charge on any atom is 0.319 e. The van der Waals surface area contributed by atoms with Crippen LogP contribution in [0.25, 0.3) is 0 Å². The van der Waals surface area contributed by atoms with Crippen molar-refractivity contribution >= 4 is 37.4 Å². The molecule has 2 fully saturated rings. The van der Waals surface area contributed by atoms with Crippen LogP contribution >= 0.6 is 15.8 Å². The number of hydrogen-bond acceptors (Lipinski definition) is 0. The number of rotatable bonds is 8. The molecule has 292 valence electrons. The summed E-state index contributed by atoms with van der Waals surface area (Å²) in [5, 5.41) is 2.76. The highest BCUT2D eigenvalue weighted by Crippen LogP contribution is 2.66. The highest BCUT2D eigenvalue weighted by atomic mass is 35.5. The Labute approximate surface area is 363 Å². The molecule has 0 N–H and O–H groups in total. The van der Waals surface area contributed by atoms with E-state index in [1.807, 2.05) is 0 Å². The minimum absolute atomic E-state index is 0. The quantitative estimate of drug-likeness (QED) is 0.107. The first-order chi connectivity index (χ1) is 29.3. The number of benzene rings is 8. The summed E-state index contributed by atoms with van der Waals surface area (Å²) in [5.74, 6) is 0.299. The molecule has 2 aliphatic heterocycles. The van der Waals surface area contributed by atoms with Crippen LogP contribution in [0.15, 0.2) is 243 Å². The van der Waals surface area contributed by atoms with Gasteiger partial charge in [-0.15, -0.1) is 0 Å². The van der Waals surface area contributed by atoms with Crippen LogP contribution in [0.1, 0.15) is 45.2 Å². The Kier molecular flexibility index (Phi) is 11.6. The highest BCUT2D eigenvalue weighted by Gasteiger charge is 2.66. The summed E-state index contributed by atoms with van der Waals surface area (Å²) in [6, 6.07) is 90.7. The van der Waals surface area contributed by atoms with Gasteiger partial charge in [0.25, 0.3) is 0 Å². The fourth-order valence-electron chi connectivity index (χ4n) is 10.2. The first-order valence-electron chi connectivity index (χ1n) is 20.7. The predicted octanol–water partition coefficient (Wildman–Crippen LogP) is 9.04. The first-order valence-corrected chi connectivity index (χ1v) is 23.8. The average Bonchev–Trinajstić information content (AvgIpc) is 3.86. The average molecular weight is 830 g/mol. The minimum Gasteiger partial charge on any atom is -1.00 e. The summed E-state index contributed by atoms with van der Waals surface area (Å²) in [4.78, 5) is 0. The zero-order valence-electron chi connectivity index (χ0n) is 33.4. The van der Waals surface area contributed by atoms with Gasteiger partial charge < -0.3 is 12.4 Å². The normalized spacial score (nSPS) is 20.2. The third-order valence-electron chi connectivity index (χ3n) is 12.7. The molecule has 1 nitrogen and oxygen atoms in total. The molecule has 0 aliphatic carbocycles. The summed E-state index contributed by atoms with van der Waals surface area (Å²) < 4.78 is 6.65. The van der Waals surface area contributed by atoms with Gasteiger partial charge in [-0.2, -0.15) is 0 Å². The predicted molar refractivity (Wildman–Crippen MR) is 254 cm³/mol. The minimum atomic E-state index is -0.914. The Balaban J connectivity index is 0.00000462. The highest BCUT2D eigenvalue weighted by molar-refractivity contribution is 7.84. The van der Waals surface area contributed by atoms with Crippen LogP contribution in [-0.4, -0.2) is 23.2 Å². The summed E-state index contributed by atoms with van der Waals surface area (Å²) in [6.07, 6.45) is 1.99. The first kappa shape index (κ1) is 39.8. The van der Waals surface area contributed by atoms with Crippen molar-refractivity contribution < 1.29 is 12.4 Å². The molecule has 0 amide bonds. The fraction of sp³-hybridized carbons (Fsp3) is 0.107. The number of halogens is 1. The van der Waals surface area contributed by atoms with E-state index in [2.05, 4.69) is 243 Å². The summed E-state index contributed by atoms with van der Waals surface area (Å²) >= 11 is 0. The lowest BCUT2D eigenvalue weighted by Gasteiger charge is -2.34. The molecule has 8 aromatic carbocycles. The molecule has 0 aromatic heterocycles. The molecule has 8 aromatic rings. The molecule has 2 saturated heterocycles. The van der Waals surface area contributed by atoms with E-state index in [4.69, 9.17) is 4.67 Å². The smallest absolute Gasteiger partial charge is 0.319 e. The van der Waals surface area contributed by atoms with Gasteiger partial charge in [-0.25, -0.2) is 0 Å². The van der Waals surface area contributed by atoms with E-state index in [9.17, 15) is 0 Å². The largest absolute Gasteiger partial charge is 1.00 e. The second-order valence-corrected chi connectivity index (χ2v) is 20.0. The van der Waals surface area contributed by atoms with Gasteiger partial charge in [0.15, 0.2) is 0 Å². The second kappa shape index (κ2) is 17.5. The van der Waals surface area contributed by atoms with E-state index in [1.54, 1.807) is 0 Å². The van der Waals surface area contributed by atoms with Gasteiger partial charge in [-0.3, -0.25) is 0 Å². The second-order valence-electron chi connectivity index (χ2n) is 15.7. The van der Waals surface area contributed by atoms with E-state index in [-0.39, 0.29) is 24.2 Å². The molecule has 60 heavy (non-hydrogen) atoms. The molecular formula is C56H46ClNP2. The fourth-order valence-corrected chi connectivity index (χ4v) is 16.4. The van der Waals surface area contributed by atoms with Gasteiger partial charge in [0.1, 0.15) is 10.8 Å². The molecule has 0 bridgehead atoms. The van der Waals surface area contributed by atoms with E-state index >= 15 is 0 Å². The molecule has 0 spiro atoms. The number of hydrogen-bond donors (Lipinski definition) is 0. The monoisotopic (exact) mass is 829 g/mol. The summed E-state index contributed by atoms with van der Waals surface area (Å²) in [5.41, 5.74) is 9.42. The van der Waals surface area contributed by atoms with Gasteiger partial charge in [0, 0.05) is 27.7 Å². The van der Waals surface area contributed by atoms with Gasteiger partial charge in [0.05, 0.1) is 0 Å². The molecule has 0 radical (unpaired) electrons. The lowest BCUT2D eigenvalue weighted by molar-refractivity contribution is -0.0000112. The van der Waals surface area contributed by atoms with Crippen molar-refractivity contribution in [3.8, 4) is 0 Å². The maximum atomic E-state index is 6.65. The van der Waals surface area contributed by atoms with Gasteiger partial charge in [0.2, 0.25) is 0 Å². The van der Waals surface area contributed by atoms with Crippen LogP contribution < -0.4 is 27.7 Å². The van der Waals surface area contributed by atoms with E-state index in [0.29, 0.717) is 0 Å². The lowest BCUT2D eigenvalue weighted by atomic mass is 9.64. The third kappa shape index (κ3) is 6.82. The van der Waals surface area contributed by atoms with Crippen molar-refractivity contribution in [2.45, 2.75) is 22.7 Å². The topological polar surface area (TPSA) is 14.1 Å². The van der Waals surface area contributed by atoms with Crippen LogP contribution in [0.5, 0.6) is 0 Å². The zero-order chi connectivity index (χ0) is 39.5. The number of nitrogens with zero attached hydrogens (tertiary/aromatic N) is 1. The Hall–Kier alpha value is -5.64. The molecule has 4 heteroatoms. The third-order valence-corrected chi connectivity index (χ3v) is 17.9. The van der Waals surface area contributed by atoms with E-state index in [0.717, 1.165) is 12.3 Å². The molecule has 2 aliphatic rings. The van der Waals surface area contributed by atoms with Crippen molar-refractivity contribution in [2.75, 3.05) is 12.3 Å². The Bertz CT molecular complexity index is 2420. The summed E-state index contributed by atoms with van der Waals surface area (Å²) in [6.45, 7) is 0. The Morgan fingerprint density at radius 2 is 0.550 bits per heavy atom.